The second-order valence-electron chi connectivity index (χ2n) is 4.55. The minimum atomic E-state index is -0.332. The second-order valence-corrected chi connectivity index (χ2v) is 4.55. The molecular weight excluding hydrogens is 231 g/mol. The lowest BCUT2D eigenvalue weighted by molar-refractivity contribution is 0.489. The second kappa shape index (κ2) is 5.27. The molecule has 0 aliphatic carbocycles. The number of halogens is 1. The van der Waals surface area contributed by atoms with Crippen molar-refractivity contribution in [3.05, 3.63) is 48.1 Å². The van der Waals surface area contributed by atoms with Crippen LogP contribution >= 0.6 is 0 Å². The standard InChI is InChI=1S/C13H17FN4/c1-9(2)17-12(13-15-6-7-18(13)3)11-5-4-10(14)8-16-11/h4-9,12,17H,1-3H3. The summed E-state index contributed by atoms with van der Waals surface area (Å²) in [6, 6.07) is 3.24. The molecule has 0 bridgehead atoms. The minimum absolute atomic E-state index is 0.134. The molecule has 0 spiro atoms. The summed E-state index contributed by atoms with van der Waals surface area (Å²) in [6.07, 6.45) is 4.86. The van der Waals surface area contributed by atoms with Gasteiger partial charge in [-0.25, -0.2) is 9.37 Å². The molecule has 1 unspecified atom stereocenters. The lowest BCUT2D eigenvalue weighted by Gasteiger charge is -2.20. The fraction of sp³-hybridized carbons (Fsp3) is 0.385. The quantitative estimate of drug-likeness (QED) is 0.900. The Morgan fingerprint density at radius 1 is 1.28 bits per heavy atom. The molecule has 0 fully saturated rings. The van der Waals surface area contributed by atoms with Gasteiger partial charge in [-0.15, -0.1) is 0 Å². The van der Waals surface area contributed by atoms with E-state index in [0.29, 0.717) is 0 Å². The van der Waals surface area contributed by atoms with Gasteiger partial charge in [-0.3, -0.25) is 4.98 Å². The summed E-state index contributed by atoms with van der Waals surface area (Å²) in [5, 5.41) is 3.39. The average Bonchev–Trinajstić information content (AvgIpc) is 2.73. The third-order valence-electron chi connectivity index (χ3n) is 2.66. The number of rotatable bonds is 4. The Morgan fingerprint density at radius 3 is 2.56 bits per heavy atom. The molecule has 5 heteroatoms. The maximum Gasteiger partial charge on any atom is 0.141 e. The Bertz CT molecular complexity index is 504. The number of aryl methyl sites for hydroxylation is 1. The van der Waals surface area contributed by atoms with Gasteiger partial charge in [0.1, 0.15) is 17.7 Å². The van der Waals surface area contributed by atoms with Crippen LogP contribution in [0.15, 0.2) is 30.7 Å². The van der Waals surface area contributed by atoms with Crippen LogP contribution in [0.5, 0.6) is 0 Å². The van der Waals surface area contributed by atoms with Crippen LogP contribution in [0.2, 0.25) is 0 Å². The van der Waals surface area contributed by atoms with E-state index in [1.165, 1.54) is 12.3 Å². The average molecular weight is 248 g/mol. The van der Waals surface area contributed by atoms with E-state index in [1.807, 2.05) is 17.8 Å². The van der Waals surface area contributed by atoms with Gasteiger partial charge < -0.3 is 9.88 Å². The summed E-state index contributed by atoms with van der Waals surface area (Å²) < 4.78 is 14.9. The molecule has 2 aromatic heterocycles. The molecule has 2 heterocycles. The van der Waals surface area contributed by atoms with E-state index >= 15 is 0 Å². The van der Waals surface area contributed by atoms with Gasteiger partial charge in [-0.05, 0) is 26.0 Å². The molecule has 0 aromatic carbocycles. The molecular formula is C13H17FN4. The zero-order valence-electron chi connectivity index (χ0n) is 10.8. The molecule has 0 aliphatic heterocycles. The number of pyridine rings is 1. The van der Waals surface area contributed by atoms with Gasteiger partial charge in [-0.2, -0.15) is 0 Å². The normalized spacial score (nSPS) is 12.9. The van der Waals surface area contributed by atoms with Gasteiger partial charge in [0, 0.05) is 25.5 Å². The fourth-order valence-electron chi connectivity index (χ4n) is 1.84. The SMILES string of the molecule is CC(C)NC(c1ccc(F)cn1)c1nccn1C. The molecule has 4 nitrogen and oxygen atoms in total. The molecule has 0 aliphatic rings. The first-order valence-electron chi connectivity index (χ1n) is 5.92. The predicted molar refractivity (Wildman–Crippen MR) is 67.5 cm³/mol. The smallest absolute Gasteiger partial charge is 0.141 e. The number of nitrogens with one attached hydrogen (secondary N) is 1. The van der Waals surface area contributed by atoms with E-state index in [-0.39, 0.29) is 17.9 Å². The molecule has 18 heavy (non-hydrogen) atoms. The van der Waals surface area contributed by atoms with Crippen LogP contribution in [-0.2, 0) is 7.05 Å². The van der Waals surface area contributed by atoms with Crippen molar-refractivity contribution in [3.8, 4) is 0 Å². The molecule has 0 saturated carbocycles. The summed E-state index contributed by atoms with van der Waals surface area (Å²) in [4.78, 5) is 8.47. The van der Waals surface area contributed by atoms with Crippen LogP contribution in [0.3, 0.4) is 0 Å². The van der Waals surface area contributed by atoms with Crippen LogP contribution in [0.4, 0.5) is 4.39 Å². The van der Waals surface area contributed by atoms with Gasteiger partial charge >= 0.3 is 0 Å². The van der Waals surface area contributed by atoms with Crippen LogP contribution in [0.25, 0.3) is 0 Å². The van der Waals surface area contributed by atoms with Crippen molar-refractivity contribution in [2.75, 3.05) is 0 Å². The van der Waals surface area contributed by atoms with Crippen molar-refractivity contribution >= 4 is 0 Å². The summed E-state index contributed by atoms with van der Waals surface area (Å²) in [7, 11) is 1.93. The van der Waals surface area contributed by atoms with Crippen molar-refractivity contribution < 1.29 is 4.39 Å². The van der Waals surface area contributed by atoms with E-state index in [9.17, 15) is 4.39 Å². The van der Waals surface area contributed by atoms with E-state index < -0.39 is 0 Å². The van der Waals surface area contributed by atoms with Crippen molar-refractivity contribution in [1.82, 2.24) is 19.9 Å². The Kier molecular flexibility index (Phi) is 3.72. The van der Waals surface area contributed by atoms with Crippen molar-refractivity contribution in [1.29, 1.82) is 0 Å². The molecule has 0 amide bonds. The lowest BCUT2D eigenvalue weighted by atomic mass is 10.1. The maximum atomic E-state index is 12.9. The van der Waals surface area contributed by atoms with Crippen LogP contribution < -0.4 is 5.32 Å². The Morgan fingerprint density at radius 2 is 2.06 bits per heavy atom. The van der Waals surface area contributed by atoms with Gasteiger partial charge in [0.05, 0.1) is 11.9 Å². The highest BCUT2D eigenvalue weighted by molar-refractivity contribution is 5.18. The number of hydrogen-bond donors (Lipinski definition) is 1. The molecule has 0 radical (unpaired) electrons. The molecule has 1 N–H and O–H groups in total. The molecule has 2 aromatic rings. The number of imidazole rings is 1. The van der Waals surface area contributed by atoms with Gasteiger partial charge in [0.2, 0.25) is 0 Å². The van der Waals surface area contributed by atoms with Gasteiger partial charge in [0.25, 0.3) is 0 Å². The molecule has 2 rings (SSSR count). The zero-order valence-corrected chi connectivity index (χ0v) is 10.8. The lowest BCUT2D eigenvalue weighted by Crippen LogP contribution is -2.31. The number of hydrogen-bond acceptors (Lipinski definition) is 3. The maximum absolute atomic E-state index is 12.9. The Hall–Kier alpha value is -1.75. The highest BCUT2D eigenvalue weighted by Crippen LogP contribution is 2.19. The molecule has 96 valence electrons. The number of aromatic nitrogens is 3. The van der Waals surface area contributed by atoms with Crippen molar-refractivity contribution in [2.45, 2.75) is 25.9 Å². The zero-order chi connectivity index (χ0) is 13.1. The van der Waals surface area contributed by atoms with Crippen LogP contribution in [-0.4, -0.2) is 20.6 Å². The van der Waals surface area contributed by atoms with E-state index in [1.54, 1.807) is 12.3 Å². The van der Waals surface area contributed by atoms with Gasteiger partial charge in [0.15, 0.2) is 0 Å². The Labute approximate surface area is 106 Å². The van der Waals surface area contributed by atoms with E-state index in [0.717, 1.165) is 11.5 Å². The topological polar surface area (TPSA) is 42.7 Å². The van der Waals surface area contributed by atoms with Crippen molar-refractivity contribution in [3.63, 3.8) is 0 Å². The van der Waals surface area contributed by atoms with Gasteiger partial charge in [-0.1, -0.05) is 0 Å². The number of nitrogens with zero attached hydrogens (tertiary/aromatic N) is 3. The molecule has 0 saturated heterocycles. The summed E-state index contributed by atoms with van der Waals surface area (Å²) in [5.74, 6) is 0.532. The summed E-state index contributed by atoms with van der Waals surface area (Å²) in [5.41, 5.74) is 0.763. The highest BCUT2D eigenvalue weighted by Gasteiger charge is 2.20. The largest absolute Gasteiger partial charge is 0.336 e. The summed E-state index contributed by atoms with van der Waals surface area (Å²) >= 11 is 0. The predicted octanol–water partition coefficient (Wildman–Crippen LogP) is 2.04. The Balaban J connectivity index is 2.36. The molecule has 1 atom stereocenters. The first kappa shape index (κ1) is 12.7. The van der Waals surface area contributed by atoms with Crippen LogP contribution in [0, 0.1) is 5.82 Å². The fourth-order valence-corrected chi connectivity index (χ4v) is 1.84. The summed E-state index contributed by atoms with van der Waals surface area (Å²) in [6.45, 7) is 4.11. The first-order valence-corrected chi connectivity index (χ1v) is 5.92. The highest BCUT2D eigenvalue weighted by atomic mass is 19.1. The van der Waals surface area contributed by atoms with E-state index in [4.69, 9.17) is 0 Å². The monoisotopic (exact) mass is 248 g/mol. The first-order chi connectivity index (χ1) is 8.58. The van der Waals surface area contributed by atoms with E-state index in [2.05, 4.69) is 29.1 Å². The third-order valence-corrected chi connectivity index (χ3v) is 2.66. The third kappa shape index (κ3) is 2.73. The van der Waals surface area contributed by atoms with Crippen molar-refractivity contribution in [2.24, 2.45) is 7.05 Å². The van der Waals surface area contributed by atoms with Crippen LogP contribution in [0.1, 0.15) is 31.4 Å². The minimum Gasteiger partial charge on any atom is -0.336 e.